The molecule has 0 saturated carbocycles. The molecule has 3 heterocycles. The Morgan fingerprint density at radius 3 is 2.49 bits per heavy atom. The molecule has 39 heavy (non-hydrogen) atoms. The van der Waals surface area contributed by atoms with E-state index < -0.39 is 0 Å². The van der Waals surface area contributed by atoms with Crippen LogP contribution in [-0.2, 0) is 4.79 Å². The Balaban J connectivity index is 1.50. The molecule has 2 atom stereocenters. The van der Waals surface area contributed by atoms with Crippen LogP contribution in [0.3, 0.4) is 0 Å². The van der Waals surface area contributed by atoms with Gasteiger partial charge in [-0.15, -0.1) is 0 Å². The van der Waals surface area contributed by atoms with Crippen molar-refractivity contribution in [2.24, 2.45) is 0 Å². The first-order valence-corrected chi connectivity index (χ1v) is 13.8. The largest absolute Gasteiger partial charge is 0.352 e. The average Bonchev–Trinajstić information content (AvgIpc) is 3.35. The van der Waals surface area contributed by atoms with Gasteiger partial charge in [-0.05, 0) is 87.9 Å². The number of aromatic nitrogens is 2. The molecule has 0 spiro atoms. The number of hydrogen-bond acceptors (Lipinski definition) is 3. The number of thiocarbonyl (C=S) groups is 1. The topological polar surface area (TPSA) is 62.2 Å². The zero-order valence-electron chi connectivity index (χ0n) is 22.5. The van der Waals surface area contributed by atoms with E-state index >= 15 is 0 Å². The molecule has 1 saturated heterocycles. The molecule has 1 aliphatic rings. The number of anilines is 1. The number of nitrogens with one attached hydrogen (secondary N) is 2. The number of amides is 1. The van der Waals surface area contributed by atoms with Gasteiger partial charge in [0.2, 0.25) is 5.91 Å². The van der Waals surface area contributed by atoms with Crippen LogP contribution in [0.4, 0.5) is 5.69 Å². The van der Waals surface area contributed by atoms with Crippen LogP contribution in [0.5, 0.6) is 0 Å². The standard InChI is InChI=1S/C31H32ClN5OS/c1-19-11-13-24(14-12-19)34-27(38)15-17-36-30(29(35-31(36)39)26-10-5-6-16-33-26)28-20(2)21(3)37(22(28)4)25-9-7-8-23(32)18-25/h5-14,16,18,29-30H,15,17H2,1-4H3,(H,34,38)(H,35,39). The summed E-state index contributed by atoms with van der Waals surface area (Å²) in [6.45, 7) is 8.91. The number of benzene rings is 2. The molecule has 0 aliphatic carbocycles. The summed E-state index contributed by atoms with van der Waals surface area (Å²) in [6, 6.07) is 21.3. The third kappa shape index (κ3) is 5.42. The van der Waals surface area contributed by atoms with Gasteiger partial charge in [0, 0.05) is 52.5 Å². The highest BCUT2D eigenvalue weighted by atomic mass is 35.5. The maximum atomic E-state index is 12.9. The maximum Gasteiger partial charge on any atom is 0.226 e. The van der Waals surface area contributed by atoms with Crippen molar-refractivity contribution in [1.82, 2.24) is 19.8 Å². The SMILES string of the molecule is Cc1ccc(NC(=O)CCN2C(=S)NC(c3ccccn3)C2c2c(C)c(C)n(-c3cccc(Cl)c3)c2C)cc1. The Kier molecular flexibility index (Phi) is 7.73. The summed E-state index contributed by atoms with van der Waals surface area (Å²) < 4.78 is 2.25. The predicted molar refractivity (Wildman–Crippen MR) is 162 cm³/mol. The number of nitrogens with zero attached hydrogens (tertiary/aromatic N) is 3. The van der Waals surface area contributed by atoms with Crippen molar-refractivity contribution < 1.29 is 4.79 Å². The summed E-state index contributed by atoms with van der Waals surface area (Å²) >= 11 is 12.2. The van der Waals surface area contributed by atoms with Crippen LogP contribution < -0.4 is 10.6 Å². The minimum Gasteiger partial charge on any atom is -0.352 e. The van der Waals surface area contributed by atoms with Crippen molar-refractivity contribution in [3.63, 3.8) is 0 Å². The second-order valence-corrected chi connectivity index (χ2v) is 10.8. The molecule has 1 aliphatic heterocycles. The van der Waals surface area contributed by atoms with Crippen LogP contribution in [0.15, 0.2) is 72.9 Å². The molecular weight excluding hydrogens is 526 g/mol. The predicted octanol–water partition coefficient (Wildman–Crippen LogP) is 6.76. The number of carbonyl (C=O) groups excluding carboxylic acids is 1. The Morgan fingerprint density at radius 2 is 1.79 bits per heavy atom. The van der Waals surface area contributed by atoms with Gasteiger partial charge in [-0.3, -0.25) is 9.78 Å². The van der Waals surface area contributed by atoms with Crippen LogP contribution in [0.2, 0.25) is 5.02 Å². The molecule has 2 unspecified atom stereocenters. The van der Waals surface area contributed by atoms with Crippen molar-refractivity contribution in [2.45, 2.75) is 46.2 Å². The summed E-state index contributed by atoms with van der Waals surface area (Å²) in [5.74, 6) is -0.0530. The minimum atomic E-state index is -0.161. The van der Waals surface area contributed by atoms with Crippen LogP contribution in [0.1, 0.15) is 52.3 Å². The van der Waals surface area contributed by atoms with Crippen LogP contribution in [-0.4, -0.2) is 32.0 Å². The van der Waals surface area contributed by atoms with E-state index in [9.17, 15) is 4.79 Å². The Hall–Kier alpha value is -3.68. The first-order valence-electron chi connectivity index (χ1n) is 13.0. The van der Waals surface area contributed by atoms with Gasteiger partial charge in [0.1, 0.15) is 0 Å². The van der Waals surface area contributed by atoms with Crippen molar-refractivity contribution in [3.05, 3.63) is 112 Å². The van der Waals surface area contributed by atoms with Gasteiger partial charge in [-0.2, -0.15) is 0 Å². The third-order valence-corrected chi connectivity index (χ3v) is 8.07. The number of hydrogen-bond donors (Lipinski definition) is 2. The summed E-state index contributed by atoms with van der Waals surface area (Å²) in [6.07, 6.45) is 2.10. The van der Waals surface area contributed by atoms with Crippen LogP contribution in [0.25, 0.3) is 5.69 Å². The van der Waals surface area contributed by atoms with Gasteiger partial charge in [-0.1, -0.05) is 41.4 Å². The molecule has 4 aromatic rings. The zero-order chi connectivity index (χ0) is 27.7. The molecular formula is C31H32ClN5OS. The molecule has 5 rings (SSSR count). The van der Waals surface area contributed by atoms with Gasteiger partial charge >= 0.3 is 0 Å². The van der Waals surface area contributed by atoms with E-state index in [2.05, 4.69) is 51.9 Å². The number of halogens is 1. The normalized spacial score (nSPS) is 16.8. The number of pyridine rings is 1. The monoisotopic (exact) mass is 557 g/mol. The summed E-state index contributed by atoms with van der Waals surface area (Å²) in [5.41, 5.74) is 8.46. The van der Waals surface area contributed by atoms with Gasteiger partial charge < -0.3 is 20.1 Å². The van der Waals surface area contributed by atoms with Gasteiger partial charge in [-0.25, -0.2) is 0 Å². The smallest absolute Gasteiger partial charge is 0.226 e. The Bertz CT molecular complexity index is 1520. The van der Waals surface area contributed by atoms with Crippen molar-refractivity contribution in [3.8, 4) is 5.69 Å². The first kappa shape index (κ1) is 26.9. The van der Waals surface area contributed by atoms with E-state index in [4.69, 9.17) is 23.8 Å². The van der Waals surface area contributed by atoms with E-state index in [1.54, 1.807) is 6.20 Å². The molecule has 8 heteroatoms. The molecule has 200 valence electrons. The lowest BCUT2D eigenvalue weighted by atomic mass is 9.93. The van der Waals surface area contributed by atoms with E-state index in [1.165, 1.54) is 11.1 Å². The van der Waals surface area contributed by atoms with Gasteiger partial charge in [0.05, 0.1) is 17.8 Å². The molecule has 0 radical (unpaired) electrons. The molecule has 2 N–H and O–H groups in total. The lowest BCUT2D eigenvalue weighted by molar-refractivity contribution is -0.116. The Labute approximate surface area is 240 Å². The molecule has 2 aromatic carbocycles. The van der Waals surface area contributed by atoms with E-state index in [0.29, 0.717) is 23.1 Å². The van der Waals surface area contributed by atoms with Gasteiger partial charge in [0.25, 0.3) is 0 Å². The highest BCUT2D eigenvalue weighted by Gasteiger charge is 2.42. The lowest BCUT2D eigenvalue weighted by Crippen LogP contribution is -2.33. The number of rotatable bonds is 7. The quantitative estimate of drug-likeness (QED) is 0.246. The van der Waals surface area contributed by atoms with Crippen molar-refractivity contribution >= 4 is 40.5 Å². The number of carbonyl (C=O) groups is 1. The Morgan fingerprint density at radius 1 is 1.03 bits per heavy atom. The fourth-order valence-corrected chi connectivity index (χ4v) is 6.00. The van der Waals surface area contributed by atoms with Crippen molar-refractivity contribution in [2.75, 3.05) is 11.9 Å². The van der Waals surface area contributed by atoms with E-state index in [-0.39, 0.29) is 18.0 Å². The third-order valence-electron chi connectivity index (χ3n) is 7.48. The zero-order valence-corrected chi connectivity index (χ0v) is 24.1. The molecule has 1 amide bonds. The molecule has 6 nitrogen and oxygen atoms in total. The molecule has 1 fully saturated rings. The van der Waals surface area contributed by atoms with Crippen LogP contribution in [0, 0.1) is 27.7 Å². The summed E-state index contributed by atoms with van der Waals surface area (Å²) in [5, 5.41) is 7.83. The summed E-state index contributed by atoms with van der Waals surface area (Å²) in [4.78, 5) is 19.7. The van der Waals surface area contributed by atoms with E-state index in [1.807, 2.05) is 67.6 Å². The second-order valence-electron chi connectivity index (χ2n) is 10.0. The fraction of sp³-hybridized carbons (Fsp3) is 0.258. The van der Waals surface area contributed by atoms with Gasteiger partial charge in [0.15, 0.2) is 5.11 Å². The maximum absolute atomic E-state index is 12.9. The minimum absolute atomic E-state index is 0.0530. The molecule has 0 bridgehead atoms. The highest BCUT2D eigenvalue weighted by molar-refractivity contribution is 7.80. The fourth-order valence-electron chi connectivity index (χ4n) is 5.49. The van der Waals surface area contributed by atoms with Crippen LogP contribution >= 0.6 is 23.8 Å². The lowest BCUT2D eigenvalue weighted by Gasteiger charge is -2.29. The average molecular weight is 558 g/mol. The first-order chi connectivity index (χ1) is 18.7. The van der Waals surface area contributed by atoms with E-state index in [0.717, 1.165) is 34.0 Å². The molecule has 2 aromatic heterocycles. The summed E-state index contributed by atoms with van der Waals surface area (Å²) in [7, 11) is 0. The second kappa shape index (κ2) is 11.2. The highest BCUT2D eigenvalue weighted by Crippen LogP contribution is 2.43. The number of aryl methyl sites for hydroxylation is 1. The van der Waals surface area contributed by atoms with Crippen molar-refractivity contribution in [1.29, 1.82) is 0 Å².